The van der Waals surface area contributed by atoms with Gasteiger partial charge in [0.2, 0.25) is 11.8 Å². The van der Waals surface area contributed by atoms with Gasteiger partial charge in [0.05, 0.1) is 23.5 Å². The lowest BCUT2D eigenvalue weighted by Gasteiger charge is -2.18. The summed E-state index contributed by atoms with van der Waals surface area (Å²) in [6, 6.07) is 9.91. The monoisotopic (exact) mass is 363 g/mol. The molecule has 2 N–H and O–H groups in total. The minimum absolute atomic E-state index is 0.147. The summed E-state index contributed by atoms with van der Waals surface area (Å²) in [6.45, 7) is 0.147. The van der Waals surface area contributed by atoms with Crippen molar-refractivity contribution in [2.24, 2.45) is 5.41 Å². The molecule has 1 aliphatic carbocycles. The number of para-hydroxylation sites is 1. The second-order valence-electron chi connectivity index (χ2n) is 6.08. The highest BCUT2D eigenvalue weighted by Crippen LogP contribution is 2.47. The zero-order valence-electron chi connectivity index (χ0n) is 13.6. The third-order valence-corrected chi connectivity index (χ3v) is 4.26. The Morgan fingerprint density at radius 2 is 1.73 bits per heavy atom. The van der Waals surface area contributed by atoms with Crippen molar-refractivity contribution in [1.82, 2.24) is 10.3 Å². The van der Waals surface area contributed by atoms with Crippen LogP contribution < -0.4 is 10.6 Å². The number of hydrogen-bond donors (Lipinski definition) is 2. The first-order chi connectivity index (χ1) is 12.3. The van der Waals surface area contributed by atoms with Gasteiger partial charge in [0.15, 0.2) is 0 Å². The molecule has 0 bridgehead atoms. The van der Waals surface area contributed by atoms with Gasteiger partial charge >= 0.3 is 6.18 Å². The Labute approximate surface area is 147 Å². The van der Waals surface area contributed by atoms with Gasteiger partial charge in [-0.05, 0) is 37.1 Å². The lowest BCUT2D eigenvalue weighted by molar-refractivity contribution is -0.137. The first-order valence-electron chi connectivity index (χ1n) is 7.99. The maximum absolute atomic E-state index is 13.0. The molecule has 8 heteroatoms. The van der Waals surface area contributed by atoms with Crippen molar-refractivity contribution in [3.05, 3.63) is 59.9 Å². The topological polar surface area (TPSA) is 71.1 Å². The van der Waals surface area contributed by atoms with Gasteiger partial charge < -0.3 is 10.6 Å². The summed E-state index contributed by atoms with van der Waals surface area (Å²) in [5.41, 5.74) is -2.00. The number of hydrogen-bond acceptors (Lipinski definition) is 3. The number of nitrogens with zero attached hydrogens (tertiary/aromatic N) is 1. The molecule has 136 valence electrons. The molecule has 0 unspecified atom stereocenters. The lowest BCUT2D eigenvalue weighted by Crippen LogP contribution is -2.40. The van der Waals surface area contributed by atoms with Crippen LogP contribution in [-0.2, 0) is 22.3 Å². The van der Waals surface area contributed by atoms with E-state index in [-0.39, 0.29) is 12.2 Å². The van der Waals surface area contributed by atoms with Crippen LogP contribution >= 0.6 is 0 Å². The molecule has 2 aromatic rings. The molecule has 1 saturated carbocycles. The standard InChI is InChI=1S/C18H16F3N3O2/c19-18(20,21)13-6-1-2-7-14(13)24-16(26)17(8-9-17)15(25)23-11-12-5-3-4-10-22-12/h1-7,10H,8-9,11H2,(H,23,25)(H,24,26). The Morgan fingerprint density at radius 3 is 2.35 bits per heavy atom. The summed E-state index contributed by atoms with van der Waals surface area (Å²) in [5, 5.41) is 4.89. The average Bonchev–Trinajstić information content (AvgIpc) is 3.42. The number of nitrogens with one attached hydrogen (secondary N) is 2. The Balaban J connectivity index is 1.69. The number of rotatable bonds is 5. The highest BCUT2D eigenvalue weighted by molar-refractivity contribution is 6.13. The lowest BCUT2D eigenvalue weighted by atomic mass is 10.0. The van der Waals surface area contributed by atoms with E-state index in [1.807, 2.05) is 0 Å². The van der Waals surface area contributed by atoms with E-state index < -0.39 is 29.0 Å². The first kappa shape index (κ1) is 17.9. The zero-order chi connectivity index (χ0) is 18.8. The van der Waals surface area contributed by atoms with Crippen molar-refractivity contribution >= 4 is 17.5 Å². The van der Waals surface area contributed by atoms with E-state index in [0.29, 0.717) is 18.5 Å². The molecule has 1 aromatic heterocycles. The number of amides is 2. The van der Waals surface area contributed by atoms with Crippen LogP contribution in [0, 0.1) is 5.41 Å². The number of carbonyl (C=O) groups excluding carboxylic acids is 2. The van der Waals surface area contributed by atoms with Gasteiger partial charge in [0.25, 0.3) is 0 Å². The van der Waals surface area contributed by atoms with Gasteiger partial charge in [-0.3, -0.25) is 14.6 Å². The third-order valence-electron chi connectivity index (χ3n) is 4.26. The molecule has 0 aliphatic heterocycles. The summed E-state index contributed by atoms with van der Waals surface area (Å²) in [5.74, 6) is -1.24. The van der Waals surface area contributed by atoms with Crippen molar-refractivity contribution in [3.8, 4) is 0 Å². The molecule has 1 aliphatic rings. The van der Waals surface area contributed by atoms with E-state index in [9.17, 15) is 22.8 Å². The van der Waals surface area contributed by atoms with Gasteiger partial charge in [-0.25, -0.2) is 0 Å². The molecule has 1 heterocycles. The van der Waals surface area contributed by atoms with Gasteiger partial charge in [-0.15, -0.1) is 0 Å². The molecule has 2 amide bonds. The molecule has 0 saturated heterocycles. The normalized spacial score (nSPS) is 15.2. The van der Waals surface area contributed by atoms with E-state index in [2.05, 4.69) is 15.6 Å². The summed E-state index contributed by atoms with van der Waals surface area (Å²) in [4.78, 5) is 28.9. The van der Waals surface area contributed by atoms with E-state index in [4.69, 9.17) is 0 Å². The number of anilines is 1. The SMILES string of the molecule is O=C(NCc1ccccn1)C1(C(=O)Nc2ccccc2C(F)(F)F)CC1. The minimum Gasteiger partial charge on any atom is -0.350 e. The van der Waals surface area contributed by atoms with Crippen molar-refractivity contribution in [1.29, 1.82) is 0 Å². The highest BCUT2D eigenvalue weighted by atomic mass is 19.4. The van der Waals surface area contributed by atoms with Crippen LogP contribution in [0.1, 0.15) is 24.1 Å². The molecule has 5 nitrogen and oxygen atoms in total. The molecule has 26 heavy (non-hydrogen) atoms. The van der Waals surface area contributed by atoms with Crippen LogP contribution in [0.5, 0.6) is 0 Å². The number of benzene rings is 1. The fourth-order valence-corrected chi connectivity index (χ4v) is 2.61. The Morgan fingerprint density at radius 1 is 1.04 bits per heavy atom. The number of carbonyl (C=O) groups is 2. The predicted molar refractivity (Wildman–Crippen MR) is 87.8 cm³/mol. The molecule has 0 spiro atoms. The van der Waals surface area contributed by atoms with Crippen LogP contribution in [0.3, 0.4) is 0 Å². The van der Waals surface area contributed by atoms with Crippen molar-refractivity contribution in [3.63, 3.8) is 0 Å². The number of pyridine rings is 1. The summed E-state index contributed by atoms with van der Waals surface area (Å²) in [6.07, 6.45) is -2.43. The van der Waals surface area contributed by atoms with E-state index >= 15 is 0 Å². The highest BCUT2D eigenvalue weighted by Gasteiger charge is 2.56. The average molecular weight is 363 g/mol. The summed E-state index contributed by atoms with van der Waals surface area (Å²) >= 11 is 0. The van der Waals surface area contributed by atoms with Crippen molar-refractivity contribution in [2.45, 2.75) is 25.6 Å². The number of halogens is 3. The van der Waals surface area contributed by atoms with Crippen LogP contribution in [0.15, 0.2) is 48.7 Å². The maximum Gasteiger partial charge on any atom is 0.418 e. The van der Waals surface area contributed by atoms with E-state index in [1.165, 1.54) is 18.2 Å². The second kappa shape index (κ2) is 6.78. The summed E-state index contributed by atoms with van der Waals surface area (Å²) in [7, 11) is 0. The van der Waals surface area contributed by atoms with Gasteiger partial charge in [0, 0.05) is 6.20 Å². The minimum atomic E-state index is -4.60. The van der Waals surface area contributed by atoms with Crippen LogP contribution in [-0.4, -0.2) is 16.8 Å². The van der Waals surface area contributed by atoms with Gasteiger partial charge in [-0.1, -0.05) is 18.2 Å². The van der Waals surface area contributed by atoms with Crippen molar-refractivity contribution < 1.29 is 22.8 Å². The molecule has 3 rings (SSSR count). The maximum atomic E-state index is 13.0. The van der Waals surface area contributed by atoms with E-state index in [1.54, 1.807) is 24.4 Å². The summed E-state index contributed by atoms with van der Waals surface area (Å²) < 4.78 is 39.1. The number of aromatic nitrogens is 1. The first-order valence-corrected chi connectivity index (χ1v) is 7.99. The molecule has 0 radical (unpaired) electrons. The zero-order valence-corrected chi connectivity index (χ0v) is 13.6. The van der Waals surface area contributed by atoms with Crippen LogP contribution in [0.4, 0.5) is 18.9 Å². The van der Waals surface area contributed by atoms with Crippen LogP contribution in [0.2, 0.25) is 0 Å². The largest absolute Gasteiger partial charge is 0.418 e. The molecule has 1 fully saturated rings. The predicted octanol–water partition coefficient (Wildman–Crippen LogP) is 3.14. The molecule has 1 aromatic carbocycles. The van der Waals surface area contributed by atoms with E-state index in [0.717, 1.165) is 6.07 Å². The smallest absolute Gasteiger partial charge is 0.350 e. The molecular weight excluding hydrogens is 347 g/mol. The Hall–Kier alpha value is -2.90. The van der Waals surface area contributed by atoms with Crippen LogP contribution in [0.25, 0.3) is 0 Å². The molecule has 0 atom stereocenters. The number of alkyl halides is 3. The fourth-order valence-electron chi connectivity index (χ4n) is 2.61. The van der Waals surface area contributed by atoms with Gasteiger partial charge in [-0.2, -0.15) is 13.2 Å². The van der Waals surface area contributed by atoms with Crippen molar-refractivity contribution in [2.75, 3.05) is 5.32 Å². The quantitative estimate of drug-likeness (QED) is 0.802. The Kier molecular flexibility index (Phi) is 4.67. The Bertz CT molecular complexity index is 818. The second-order valence-corrected chi connectivity index (χ2v) is 6.08. The molecular formula is C18H16F3N3O2. The fraction of sp³-hybridized carbons (Fsp3) is 0.278. The third kappa shape index (κ3) is 3.68. The van der Waals surface area contributed by atoms with Gasteiger partial charge in [0.1, 0.15) is 5.41 Å².